The summed E-state index contributed by atoms with van der Waals surface area (Å²) >= 11 is 3.36. The summed E-state index contributed by atoms with van der Waals surface area (Å²) in [7, 11) is 0. The van der Waals surface area contributed by atoms with E-state index in [-0.39, 0.29) is 17.5 Å². The monoisotopic (exact) mass is 321 g/mol. The normalized spacial score (nSPS) is 18.8. The predicted molar refractivity (Wildman–Crippen MR) is 74.9 cm³/mol. The lowest BCUT2D eigenvalue weighted by atomic mass is 10.2. The summed E-state index contributed by atoms with van der Waals surface area (Å²) in [4.78, 5) is 27.7. The van der Waals surface area contributed by atoms with Gasteiger partial charge in [-0.2, -0.15) is 0 Å². The van der Waals surface area contributed by atoms with E-state index in [9.17, 15) is 9.59 Å². The van der Waals surface area contributed by atoms with Crippen molar-refractivity contribution in [2.24, 2.45) is 0 Å². The zero-order chi connectivity index (χ0) is 13.4. The molecule has 19 heavy (non-hydrogen) atoms. The summed E-state index contributed by atoms with van der Waals surface area (Å²) < 4.78 is 2.46. The third-order valence-corrected chi connectivity index (χ3v) is 3.78. The molecule has 1 atom stereocenters. The average Bonchev–Trinajstić information content (AvgIpc) is 2.78. The highest BCUT2D eigenvalue weighted by atomic mass is 79.9. The number of fused-ring (bicyclic) bond motifs is 1. The lowest BCUT2D eigenvalue weighted by molar-refractivity contribution is -0.119. The number of carbonyl (C=O) groups is 1. The third kappa shape index (κ3) is 2.40. The summed E-state index contributed by atoms with van der Waals surface area (Å²) in [5, 5.41) is 3.45. The van der Waals surface area contributed by atoms with Crippen molar-refractivity contribution < 1.29 is 4.79 Å². The number of hydrogen-bond donors (Lipinski definition) is 1. The lowest BCUT2D eigenvalue weighted by Crippen LogP contribution is -2.33. The van der Waals surface area contributed by atoms with Gasteiger partial charge >= 0.3 is 0 Å². The molecule has 0 aliphatic carbocycles. The molecule has 2 aromatic rings. The quantitative estimate of drug-likeness (QED) is 0.910. The zero-order valence-corrected chi connectivity index (χ0v) is 11.7. The Balaban J connectivity index is 1.96. The van der Waals surface area contributed by atoms with E-state index >= 15 is 0 Å². The molecule has 5 nitrogen and oxygen atoms in total. The van der Waals surface area contributed by atoms with Crippen LogP contribution < -0.4 is 10.9 Å². The molecule has 1 N–H and O–H groups in total. The molecule has 0 saturated carbocycles. The van der Waals surface area contributed by atoms with Gasteiger partial charge in [0.25, 0.3) is 5.56 Å². The first kappa shape index (κ1) is 12.3. The number of benzene rings is 1. The molecule has 1 aromatic heterocycles. The number of halogens is 1. The van der Waals surface area contributed by atoms with E-state index in [2.05, 4.69) is 26.2 Å². The second-order valence-electron chi connectivity index (χ2n) is 4.67. The third-order valence-electron chi connectivity index (χ3n) is 3.29. The van der Waals surface area contributed by atoms with Crippen LogP contribution in [-0.4, -0.2) is 21.5 Å². The van der Waals surface area contributed by atoms with E-state index < -0.39 is 0 Å². The minimum absolute atomic E-state index is 0.0277. The molecule has 3 rings (SSSR count). The Morgan fingerprint density at radius 2 is 2.26 bits per heavy atom. The van der Waals surface area contributed by atoms with Gasteiger partial charge in [0.2, 0.25) is 5.91 Å². The Morgan fingerprint density at radius 3 is 3.00 bits per heavy atom. The number of nitrogens with zero attached hydrogens (tertiary/aromatic N) is 2. The molecule has 0 radical (unpaired) electrons. The van der Waals surface area contributed by atoms with E-state index in [1.54, 1.807) is 17.0 Å². The number of amides is 1. The SMILES string of the molecule is O=C1CCC(Cn2cnc3cc(Br)ccc3c2=O)N1. The van der Waals surface area contributed by atoms with Gasteiger partial charge in [0.05, 0.1) is 17.2 Å². The van der Waals surface area contributed by atoms with Crippen molar-refractivity contribution in [2.45, 2.75) is 25.4 Å². The standard InChI is InChI=1S/C13H12BrN3O2/c14-8-1-3-10-11(5-8)15-7-17(13(10)19)6-9-2-4-12(18)16-9/h1,3,5,7,9H,2,4,6H2,(H,16,18). The highest BCUT2D eigenvalue weighted by Crippen LogP contribution is 2.15. The van der Waals surface area contributed by atoms with Crippen molar-refractivity contribution in [3.05, 3.63) is 39.4 Å². The molecule has 2 heterocycles. The number of aromatic nitrogens is 2. The van der Waals surface area contributed by atoms with Gasteiger partial charge in [-0.05, 0) is 24.6 Å². The van der Waals surface area contributed by atoms with Crippen LogP contribution in [-0.2, 0) is 11.3 Å². The van der Waals surface area contributed by atoms with Crippen LogP contribution >= 0.6 is 15.9 Å². The minimum Gasteiger partial charge on any atom is -0.352 e. The smallest absolute Gasteiger partial charge is 0.261 e. The largest absolute Gasteiger partial charge is 0.352 e. The van der Waals surface area contributed by atoms with Gasteiger partial charge in [0.15, 0.2) is 0 Å². The summed E-state index contributed by atoms with van der Waals surface area (Å²) in [6.07, 6.45) is 2.85. The van der Waals surface area contributed by atoms with Crippen LogP contribution in [0.15, 0.2) is 33.8 Å². The van der Waals surface area contributed by atoms with Gasteiger partial charge in [0, 0.05) is 23.5 Å². The molecule has 1 aliphatic heterocycles. The van der Waals surface area contributed by atoms with Crippen LogP contribution in [0.25, 0.3) is 10.9 Å². The Hall–Kier alpha value is -1.69. The molecular weight excluding hydrogens is 310 g/mol. The molecule has 0 spiro atoms. The van der Waals surface area contributed by atoms with Crippen molar-refractivity contribution in [3.8, 4) is 0 Å². The molecule has 1 amide bonds. The van der Waals surface area contributed by atoms with Crippen LogP contribution in [0.1, 0.15) is 12.8 Å². The first-order valence-electron chi connectivity index (χ1n) is 6.07. The summed E-state index contributed by atoms with van der Waals surface area (Å²) in [6, 6.07) is 5.43. The molecule has 1 aliphatic rings. The van der Waals surface area contributed by atoms with Gasteiger partial charge in [-0.3, -0.25) is 14.2 Å². The molecule has 1 saturated heterocycles. The van der Waals surface area contributed by atoms with Gasteiger partial charge < -0.3 is 5.32 Å². The lowest BCUT2D eigenvalue weighted by Gasteiger charge is -2.12. The second-order valence-corrected chi connectivity index (χ2v) is 5.58. The number of hydrogen-bond acceptors (Lipinski definition) is 3. The highest BCUT2D eigenvalue weighted by molar-refractivity contribution is 9.10. The maximum absolute atomic E-state index is 12.3. The fourth-order valence-electron chi connectivity index (χ4n) is 2.31. The number of rotatable bonds is 2. The van der Waals surface area contributed by atoms with E-state index in [0.29, 0.717) is 23.9 Å². The Morgan fingerprint density at radius 1 is 1.42 bits per heavy atom. The Kier molecular flexibility index (Phi) is 3.10. The van der Waals surface area contributed by atoms with E-state index in [1.165, 1.54) is 0 Å². The average molecular weight is 322 g/mol. The molecule has 6 heteroatoms. The van der Waals surface area contributed by atoms with Gasteiger partial charge in [-0.1, -0.05) is 15.9 Å². The van der Waals surface area contributed by atoms with Crippen molar-refractivity contribution >= 4 is 32.7 Å². The van der Waals surface area contributed by atoms with Crippen LogP contribution in [0.5, 0.6) is 0 Å². The Bertz CT molecular complexity index is 711. The van der Waals surface area contributed by atoms with E-state index in [0.717, 1.165) is 10.9 Å². The van der Waals surface area contributed by atoms with Crippen LogP contribution in [0.2, 0.25) is 0 Å². The van der Waals surface area contributed by atoms with Gasteiger partial charge in [-0.25, -0.2) is 4.98 Å². The number of nitrogens with one attached hydrogen (secondary N) is 1. The second kappa shape index (κ2) is 4.77. The van der Waals surface area contributed by atoms with E-state index in [4.69, 9.17) is 0 Å². The predicted octanol–water partition coefficient (Wildman–Crippen LogP) is 1.44. The molecule has 1 fully saturated rings. The van der Waals surface area contributed by atoms with E-state index in [1.807, 2.05) is 12.1 Å². The molecular formula is C13H12BrN3O2. The fourth-order valence-corrected chi connectivity index (χ4v) is 2.66. The molecule has 1 aromatic carbocycles. The molecule has 98 valence electrons. The summed E-state index contributed by atoms with van der Waals surface area (Å²) in [5.74, 6) is 0.0516. The van der Waals surface area contributed by atoms with Gasteiger partial charge in [-0.15, -0.1) is 0 Å². The first-order valence-corrected chi connectivity index (χ1v) is 6.87. The summed E-state index contributed by atoms with van der Waals surface area (Å²) in [6.45, 7) is 0.476. The Labute approximate surface area is 117 Å². The van der Waals surface area contributed by atoms with Crippen molar-refractivity contribution in [1.82, 2.24) is 14.9 Å². The van der Waals surface area contributed by atoms with Crippen LogP contribution in [0, 0.1) is 0 Å². The maximum Gasteiger partial charge on any atom is 0.261 e. The number of carbonyl (C=O) groups excluding carboxylic acids is 1. The first-order chi connectivity index (χ1) is 9.13. The highest BCUT2D eigenvalue weighted by Gasteiger charge is 2.21. The maximum atomic E-state index is 12.3. The van der Waals surface area contributed by atoms with Crippen molar-refractivity contribution in [2.75, 3.05) is 0 Å². The van der Waals surface area contributed by atoms with Crippen molar-refractivity contribution in [1.29, 1.82) is 0 Å². The molecule has 0 bridgehead atoms. The molecule has 1 unspecified atom stereocenters. The fraction of sp³-hybridized carbons (Fsp3) is 0.308. The minimum atomic E-state index is -0.0707. The summed E-state index contributed by atoms with van der Waals surface area (Å²) in [5.41, 5.74) is 0.602. The zero-order valence-electron chi connectivity index (χ0n) is 10.1. The van der Waals surface area contributed by atoms with Gasteiger partial charge in [0.1, 0.15) is 0 Å². The van der Waals surface area contributed by atoms with Crippen LogP contribution in [0.4, 0.5) is 0 Å². The topological polar surface area (TPSA) is 64.0 Å². The van der Waals surface area contributed by atoms with Crippen LogP contribution in [0.3, 0.4) is 0 Å². The van der Waals surface area contributed by atoms with Crippen molar-refractivity contribution in [3.63, 3.8) is 0 Å².